The van der Waals surface area contributed by atoms with Crippen molar-refractivity contribution < 1.29 is 9.47 Å². The summed E-state index contributed by atoms with van der Waals surface area (Å²) in [4.78, 5) is 0. The largest absolute Gasteiger partial charge is 0.379 e. The van der Waals surface area contributed by atoms with Crippen LogP contribution < -0.4 is 5.73 Å². The van der Waals surface area contributed by atoms with Crippen LogP contribution in [0, 0.1) is 0 Å². The molecule has 0 aromatic carbocycles. The Hall–Kier alpha value is -0.120. The molecule has 0 spiro atoms. The van der Waals surface area contributed by atoms with E-state index in [1.807, 2.05) is 0 Å². The van der Waals surface area contributed by atoms with Crippen LogP contribution in [0.2, 0.25) is 0 Å². The lowest BCUT2D eigenvalue weighted by Gasteiger charge is -2.16. The summed E-state index contributed by atoms with van der Waals surface area (Å²) in [6, 6.07) is 0. The first kappa shape index (κ1) is 37.9. The average Bonchev–Trinajstić information content (AvgIpc) is 2.93. The van der Waals surface area contributed by atoms with E-state index in [0.29, 0.717) is 13.2 Å². The second kappa shape index (κ2) is 34.9. The molecule has 38 heavy (non-hydrogen) atoms. The van der Waals surface area contributed by atoms with Gasteiger partial charge in [0.1, 0.15) is 0 Å². The number of nitrogens with two attached hydrogens (primary N) is 1. The van der Waals surface area contributed by atoms with E-state index in [9.17, 15) is 0 Å². The molecule has 0 aliphatic rings. The third-order valence-corrected chi connectivity index (χ3v) is 8.06. The minimum absolute atomic E-state index is 0.0729. The minimum atomic E-state index is 0.0729. The molecule has 0 radical (unpaired) electrons. The highest BCUT2D eigenvalue weighted by Crippen LogP contribution is 2.14. The second-order valence-corrected chi connectivity index (χ2v) is 12.0. The summed E-state index contributed by atoms with van der Waals surface area (Å²) in [5, 5.41) is 0. The first-order valence-electron chi connectivity index (χ1n) is 17.7. The van der Waals surface area contributed by atoms with Crippen molar-refractivity contribution in [3.05, 3.63) is 0 Å². The summed E-state index contributed by atoms with van der Waals surface area (Å²) in [5.41, 5.74) is 5.89. The molecule has 230 valence electrons. The molecule has 0 aliphatic carbocycles. The molecule has 1 unspecified atom stereocenters. The fraction of sp³-hybridized carbons (Fsp3) is 1.00. The van der Waals surface area contributed by atoms with Crippen LogP contribution in [-0.4, -0.2) is 32.5 Å². The SMILES string of the molecule is CCCCCCCCCCCCCCCCCCOCC(CN)OCCCCCCCCCCCCCC. The fourth-order valence-electron chi connectivity index (χ4n) is 5.34. The number of unbranched alkanes of at least 4 members (excludes halogenated alkanes) is 26. The molecule has 0 saturated heterocycles. The Bertz CT molecular complexity index is 403. The summed E-state index contributed by atoms with van der Waals surface area (Å²) in [7, 11) is 0. The van der Waals surface area contributed by atoms with E-state index in [2.05, 4.69) is 13.8 Å². The van der Waals surface area contributed by atoms with Crippen molar-refractivity contribution in [1.29, 1.82) is 0 Å². The van der Waals surface area contributed by atoms with Crippen LogP contribution in [0.4, 0.5) is 0 Å². The zero-order valence-electron chi connectivity index (χ0n) is 26.6. The maximum Gasteiger partial charge on any atom is 0.0930 e. The molecule has 0 heterocycles. The van der Waals surface area contributed by atoms with Crippen molar-refractivity contribution in [2.75, 3.05) is 26.4 Å². The van der Waals surface area contributed by atoms with Gasteiger partial charge in [0.05, 0.1) is 12.7 Å². The van der Waals surface area contributed by atoms with E-state index in [1.165, 1.54) is 173 Å². The molecule has 0 bridgehead atoms. The first-order chi connectivity index (χ1) is 18.8. The number of rotatable bonds is 34. The smallest absolute Gasteiger partial charge is 0.0930 e. The topological polar surface area (TPSA) is 44.5 Å². The molecule has 0 aromatic rings. The molecule has 0 fully saturated rings. The van der Waals surface area contributed by atoms with Gasteiger partial charge in [0.15, 0.2) is 0 Å². The minimum Gasteiger partial charge on any atom is -0.379 e. The number of ether oxygens (including phenoxy) is 2. The third-order valence-electron chi connectivity index (χ3n) is 8.06. The lowest BCUT2D eigenvalue weighted by atomic mass is 10.0. The average molecular weight is 540 g/mol. The highest BCUT2D eigenvalue weighted by Gasteiger charge is 2.07. The molecule has 3 nitrogen and oxygen atoms in total. The maximum absolute atomic E-state index is 5.97. The van der Waals surface area contributed by atoms with E-state index in [1.54, 1.807) is 0 Å². The van der Waals surface area contributed by atoms with Gasteiger partial charge in [0.25, 0.3) is 0 Å². The van der Waals surface area contributed by atoms with Crippen molar-refractivity contribution >= 4 is 0 Å². The number of hydrogen-bond donors (Lipinski definition) is 1. The third kappa shape index (κ3) is 32.1. The van der Waals surface area contributed by atoms with Crippen LogP contribution in [0.5, 0.6) is 0 Å². The van der Waals surface area contributed by atoms with Crippen LogP contribution in [0.15, 0.2) is 0 Å². The summed E-state index contributed by atoms with van der Waals surface area (Å²) in [6.07, 6.45) is 39.1. The molecular weight excluding hydrogens is 466 g/mol. The molecule has 0 saturated carbocycles. The van der Waals surface area contributed by atoms with E-state index in [0.717, 1.165) is 19.6 Å². The highest BCUT2D eigenvalue weighted by molar-refractivity contribution is 4.58. The van der Waals surface area contributed by atoms with Crippen molar-refractivity contribution in [2.45, 2.75) is 200 Å². The molecule has 0 aromatic heterocycles. The summed E-state index contributed by atoms with van der Waals surface area (Å²) in [6.45, 7) is 7.51. The molecular formula is C35H73NO2. The zero-order valence-corrected chi connectivity index (χ0v) is 26.6. The van der Waals surface area contributed by atoms with Gasteiger partial charge in [-0.1, -0.05) is 181 Å². The lowest BCUT2D eigenvalue weighted by molar-refractivity contribution is -0.0136. The van der Waals surface area contributed by atoms with Gasteiger partial charge in [0.2, 0.25) is 0 Å². The standard InChI is InChI=1S/C35H73NO2/c1-3-5-7-9-11-13-15-17-18-19-20-21-23-25-27-29-31-37-34-35(33-36)38-32-30-28-26-24-22-16-14-12-10-8-6-4-2/h35H,3-34,36H2,1-2H3. The Balaban J connectivity index is 3.24. The van der Waals surface area contributed by atoms with Crippen LogP contribution in [0.1, 0.15) is 194 Å². The van der Waals surface area contributed by atoms with Crippen molar-refractivity contribution in [1.82, 2.24) is 0 Å². The van der Waals surface area contributed by atoms with Crippen LogP contribution >= 0.6 is 0 Å². The molecule has 0 rings (SSSR count). The molecule has 0 amide bonds. The van der Waals surface area contributed by atoms with Gasteiger partial charge in [-0.15, -0.1) is 0 Å². The van der Waals surface area contributed by atoms with Crippen molar-refractivity contribution in [3.8, 4) is 0 Å². The Morgan fingerprint density at radius 3 is 1.00 bits per heavy atom. The zero-order chi connectivity index (χ0) is 27.6. The molecule has 0 aliphatic heterocycles. The predicted octanol–water partition coefficient (Wildman–Crippen LogP) is 11.3. The van der Waals surface area contributed by atoms with E-state index >= 15 is 0 Å². The molecule has 1 atom stereocenters. The second-order valence-electron chi connectivity index (χ2n) is 12.0. The monoisotopic (exact) mass is 540 g/mol. The van der Waals surface area contributed by atoms with E-state index in [4.69, 9.17) is 15.2 Å². The Morgan fingerprint density at radius 1 is 0.395 bits per heavy atom. The van der Waals surface area contributed by atoms with Gasteiger partial charge in [-0.3, -0.25) is 0 Å². The van der Waals surface area contributed by atoms with Gasteiger partial charge < -0.3 is 15.2 Å². The lowest BCUT2D eigenvalue weighted by Crippen LogP contribution is -2.29. The quantitative estimate of drug-likeness (QED) is 0.0827. The van der Waals surface area contributed by atoms with Crippen LogP contribution in [-0.2, 0) is 9.47 Å². The van der Waals surface area contributed by atoms with Crippen LogP contribution in [0.25, 0.3) is 0 Å². The van der Waals surface area contributed by atoms with Crippen LogP contribution in [0.3, 0.4) is 0 Å². The normalized spacial score (nSPS) is 12.4. The Morgan fingerprint density at radius 2 is 0.684 bits per heavy atom. The van der Waals surface area contributed by atoms with Gasteiger partial charge in [-0.2, -0.15) is 0 Å². The summed E-state index contributed by atoms with van der Waals surface area (Å²) >= 11 is 0. The summed E-state index contributed by atoms with van der Waals surface area (Å²) in [5.74, 6) is 0. The van der Waals surface area contributed by atoms with Gasteiger partial charge in [-0.25, -0.2) is 0 Å². The highest BCUT2D eigenvalue weighted by atomic mass is 16.5. The van der Waals surface area contributed by atoms with Gasteiger partial charge in [0, 0.05) is 19.8 Å². The first-order valence-corrected chi connectivity index (χ1v) is 17.7. The van der Waals surface area contributed by atoms with Crippen molar-refractivity contribution in [2.24, 2.45) is 5.73 Å². The Labute approximate surface area is 241 Å². The summed E-state index contributed by atoms with van der Waals surface area (Å²) < 4.78 is 11.8. The number of hydrogen-bond acceptors (Lipinski definition) is 3. The molecule has 2 N–H and O–H groups in total. The van der Waals surface area contributed by atoms with E-state index in [-0.39, 0.29) is 6.10 Å². The van der Waals surface area contributed by atoms with Crippen molar-refractivity contribution in [3.63, 3.8) is 0 Å². The van der Waals surface area contributed by atoms with Gasteiger partial charge >= 0.3 is 0 Å². The van der Waals surface area contributed by atoms with Gasteiger partial charge in [-0.05, 0) is 12.8 Å². The predicted molar refractivity (Wildman–Crippen MR) is 170 cm³/mol. The molecule has 3 heteroatoms. The maximum atomic E-state index is 5.97. The fourth-order valence-corrected chi connectivity index (χ4v) is 5.34. The van der Waals surface area contributed by atoms with E-state index < -0.39 is 0 Å². The Kier molecular flexibility index (Phi) is 34.8.